The molecule has 1 aromatic heterocycles. The molecule has 0 aliphatic heterocycles. The first kappa shape index (κ1) is 18.9. The summed E-state index contributed by atoms with van der Waals surface area (Å²) in [5, 5.41) is 8.92. The minimum atomic E-state index is -0.312. The number of thioether (sulfide) groups is 1. The molecule has 0 spiro atoms. The van der Waals surface area contributed by atoms with Gasteiger partial charge in [-0.25, -0.2) is 4.39 Å². The van der Waals surface area contributed by atoms with Gasteiger partial charge in [-0.15, -0.1) is 10.2 Å². The number of hydrogen-bond acceptors (Lipinski definition) is 4. The van der Waals surface area contributed by atoms with Gasteiger partial charge in [0.1, 0.15) is 5.82 Å². The number of rotatable bonds is 6. The molecule has 1 atom stereocenters. The number of aromatic nitrogens is 3. The van der Waals surface area contributed by atoms with Gasteiger partial charge in [0.2, 0.25) is 0 Å². The smallest absolute Gasteiger partial charge is 0.192 e. The Labute approximate surface area is 168 Å². The van der Waals surface area contributed by atoms with Crippen LogP contribution in [0.1, 0.15) is 47.3 Å². The molecule has 0 bridgehead atoms. The van der Waals surface area contributed by atoms with Crippen molar-refractivity contribution in [1.29, 1.82) is 0 Å². The summed E-state index contributed by atoms with van der Waals surface area (Å²) in [5.41, 5.74) is 3.42. The zero-order chi connectivity index (χ0) is 19.8. The zero-order valence-corrected chi connectivity index (χ0v) is 17.0. The largest absolute Gasteiger partial charge is 0.299 e. The summed E-state index contributed by atoms with van der Waals surface area (Å²) in [6.07, 6.45) is 2.04. The Morgan fingerprint density at radius 2 is 1.89 bits per heavy atom. The molecule has 1 fully saturated rings. The average Bonchev–Trinajstić information content (AvgIpc) is 3.44. The molecule has 0 N–H and O–H groups in total. The standard InChI is InChI=1S/C22H22FN3OS/c1-13-8-9-16(12-14(13)2)20(27)15(3)28-22-25-24-21(26(22)17-10-11-17)18-6-4-5-7-19(18)23/h4-9,12,15,17H,10-11H2,1-3H3/t15-/m1/s1. The topological polar surface area (TPSA) is 47.8 Å². The molecule has 4 nitrogen and oxygen atoms in total. The van der Waals surface area contributed by atoms with Gasteiger partial charge in [0.05, 0.1) is 10.8 Å². The van der Waals surface area contributed by atoms with Crippen molar-refractivity contribution >= 4 is 17.5 Å². The molecule has 1 aliphatic rings. The van der Waals surface area contributed by atoms with Crippen LogP contribution in [0.4, 0.5) is 4.39 Å². The van der Waals surface area contributed by atoms with E-state index >= 15 is 0 Å². The van der Waals surface area contributed by atoms with Gasteiger partial charge in [-0.05, 0) is 62.9 Å². The molecular formula is C22H22FN3OS. The molecule has 144 valence electrons. The van der Waals surface area contributed by atoms with Gasteiger partial charge >= 0.3 is 0 Å². The Hall–Kier alpha value is -2.47. The van der Waals surface area contributed by atoms with Gasteiger partial charge in [0.15, 0.2) is 16.8 Å². The van der Waals surface area contributed by atoms with Crippen molar-refractivity contribution < 1.29 is 9.18 Å². The van der Waals surface area contributed by atoms with Crippen LogP contribution >= 0.6 is 11.8 Å². The van der Waals surface area contributed by atoms with E-state index in [1.165, 1.54) is 23.4 Å². The summed E-state index contributed by atoms with van der Waals surface area (Å²) in [6.45, 7) is 5.93. The molecule has 1 saturated carbocycles. The monoisotopic (exact) mass is 395 g/mol. The lowest BCUT2D eigenvalue weighted by Gasteiger charge is -2.13. The maximum atomic E-state index is 14.3. The third kappa shape index (κ3) is 3.61. The van der Waals surface area contributed by atoms with Gasteiger partial charge in [0, 0.05) is 11.6 Å². The summed E-state index contributed by atoms with van der Waals surface area (Å²) in [7, 11) is 0. The van der Waals surface area contributed by atoms with E-state index in [1.807, 2.05) is 43.5 Å². The molecule has 0 unspecified atom stereocenters. The molecule has 3 aromatic rings. The molecule has 4 rings (SSSR count). The van der Waals surface area contributed by atoms with E-state index in [9.17, 15) is 9.18 Å². The SMILES string of the molecule is Cc1ccc(C(=O)[C@@H](C)Sc2nnc(-c3ccccc3F)n2C2CC2)cc1C. The molecule has 6 heteroatoms. The fraction of sp³-hybridized carbons (Fsp3) is 0.318. The normalized spacial score (nSPS) is 14.9. The number of hydrogen-bond donors (Lipinski definition) is 0. The second-order valence-electron chi connectivity index (χ2n) is 7.31. The highest BCUT2D eigenvalue weighted by Crippen LogP contribution is 2.42. The van der Waals surface area contributed by atoms with Crippen molar-refractivity contribution in [2.24, 2.45) is 0 Å². The van der Waals surface area contributed by atoms with Crippen LogP contribution in [0.3, 0.4) is 0 Å². The van der Waals surface area contributed by atoms with Crippen LogP contribution in [0.15, 0.2) is 47.6 Å². The maximum Gasteiger partial charge on any atom is 0.192 e. The molecule has 0 radical (unpaired) electrons. The lowest BCUT2D eigenvalue weighted by molar-refractivity contribution is 0.0993. The van der Waals surface area contributed by atoms with Crippen LogP contribution in [-0.4, -0.2) is 25.8 Å². The Morgan fingerprint density at radius 1 is 1.14 bits per heavy atom. The summed E-state index contributed by atoms with van der Waals surface area (Å²) >= 11 is 1.39. The fourth-order valence-corrected chi connectivity index (χ4v) is 4.18. The first-order valence-electron chi connectivity index (χ1n) is 9.43. The number of halogens is 1. The number of nitrogens with zero attached hydrogens (tertiary/aromatic N) is 3. The van der Waals surface area contributed by atoms with Gasteiger partial charge in [-0.3, -0.25) is 9.36 Å². The predicted molar refractivity (Wildman–Crippen MR) is 109 cm³/mol. The van der Waals surface area contributed by atoms with E-state index < -0.39 is 0 Å². The predicted octanol–water partition coefficient (Wildman–Crippen LogP) is 5.40. The fourth-order valence-electron chi connectivity index (χ4n) is 3.19. The molecule has 28 heavy (non-hydrogen) atoms. The number of carbonyl (C=O) groups is 1. The summed E-state index contributed by atoms with van der Waals surface area (Å²) in [4.78, 5) is 12.9. The van der Waals surface area contributed by atoms with E-state index in [1.54, 1.807) is 18.2 Å². The highest BCUT2D eigenvalue weighted by atomic mass is 32.2. The van der Waals surface area contributed by atoms with Crippen molar-refractivity contribution in [1.82, 2.24) is 14.8 Å². The van der Waals surface area contributed by atoms with Crippen LogP contribution < -0.4 is 0 Å². The van der Waals surface area contributed by atoms with Gasteiger partial charge in [-0.2, -0.15) is 0 Å². The summed E-state index contributed by atoms with van der Waals surface area (Å²) in [5.74, 6) is 0.285. The highest BCUT2D eigenvalue weighted by Gasteiger charge is 2.32. The van der Waals surface area contributed by atoms with Crippen LogP contribution in [0.25, 0.3) is 11.4 Å². The minimum absolute atomic E-state index is 0.0610. The van der Waals surface area contributed by atoms with Crippen LogP contribution in [-0.2, 0) is 0 Å². The zero-order valence-electron chi connectivity index (χ0n) is 16.1. The molecule has 2 aromatic carbocycles. The maximum absolute atomic E-state index is 14.3. The van der Waals surface area contributed by atoms with Gasteiger partial charge < -0.3 is 0 Å². The third-order valence-corrected chi connectivity index (χ3v) is 6.19. The first-order chi connectivity index (χ1) is 13.5. The van der Waals surface area contributed by atoms with E-state index in [0.29, 0.717) is 22.1 Å². The van der Waals surface area contributed by atoms with Crippen molar-refractivity contribution in [3.63, 3.8) is 0 Å². The third-order valence-electron chi connectivity index (χ3n) is 5.13. The summed E-state index contributed by atoms with van der Waals surface area (Å²) < 4.78 is 16.3. The van der Waals surface area contributed by atoms with E-state index in [2.05, 4.69) is 10.2 Å². The number of Topliss-reactive ketones (excluding diaryl/α,β-unsaturated/α-hetero) is 1. The van der Waals surface area contributed by atoms with E-state index in [4.69, 9.17) is 0 Å². The first-order valence-corrected chi connectivity index (χ1v) is 10.3. The van der Waals surface area contributed by atoms with Crippen LogP contribution in [0.2, 0.25) is 0 Å². The Bertz CT molecular complexity index is 1040. The van der Waals surface area contributed by atoms with Crippen molar-refractivity contribution in [2.45, 2.75) is 50.1 Å². The minimum Gasteiger partial charge on any atom is -0.299 e. The van der Waals surface area contributed by atoms with Gasteiger partial charge in [0.25, 0.3) is 0 Å². The lowest BCUT2D eigenvalue weighted by Crippen LogP contribution is -2.15. The number of aryl methyl sites for hydroxylation is 2. The van der Waals surface area contributed by atoms with Crippen molar-refractivity contribution in [3.05, 3.63) is 65.0 Å². The quantitative estimate of drug-likeness (QED) is 0.414. The average molecular weight is 396 g/mol. The molecular weight excluding hydrogens is 373 g/mol. The molecule has 1 heterocycles. The van der Waals surface area contributed by atoms with Crippen LogP contribution in [0, 0.1) is 19.7 Å². The Balaban J connectivity index is 1.62. The second kappa shape index (κ2) is 7.51. The van der Waals surface area contributed by atoms with Crippen molar-refractivity contribution in [3.8, 4) is 11.4 Å². The lowest BCUT2D eigenvalue weighted by atomic mass is 10.0. The Kier molecular flexibility index (Phi) is 5.06. The number of benzene rings is 2. The summed E-state index contributed by atoms with van der Waals surface area (Å²) in [6, 6.07) is 12.7. The van der Waals surface area contributed by atoms with Crippen molar-refractivity contribution in [2.75, 3.05) is 0 Å². The van der Waals surface area contributed by atoms with Crippen LogP contribution in [0.5, 0.6) is 0 Å². The Morgan fingerprint density at radius 3 is 2.57 bits per heavy atom. The molecule has 1 aliphatic carbocycles. The highest BCUT2D eigenvalue weighted by molar-refractivity contribution is 8.00. The number of carbonyl (C=O) groups excluding carboxylic acids is 1. The van der Waals surface area contributed by atoms with E-state index in [-0.39, 0.29) is 22.9 Å². The van der Waals surface area contributed by atoms with Gasteiger partial charge in [-0.1, -0.05) is 36.0 Å². The molecule has 0 saturated heterocycles. The van der Waals surface area contributed by atoms with E-state index in [0.717, 1.165) is 18.4 Å². The number of ketones is 1. The second-order valence-corrected chi connectivity index (χ2v) is 8.62. The molecule has 0 amide bonds.